The third-order valence-corrected chi connectivity index (χ3v) is 4.20. The molecule has 0 fully saturated rings. The average molecular weight is 439 g/mol. The third-order valence-electron chi connectivity index (χ3n) is 3.41. The lowest BCUT2D eigenvalue weighted by Gasteiger charge is -2.25. The molecule has 1 amide bonds. The fourth-order valence-corrected chi connectivity index (χ4v) is 2.74. The van der Waals surface area contributed by atoms with Crippen LogP contribution in [0.4, 0.5) is 0 Å². The largest absolute Gasteiger partial charge is 0.466 e. The highest BCUT2D eigenvalue weighted by molar-refractivity contribution is 9.10. The van der Waals surface area contributed by atoms with Crippen molar-refractivity contribution in [2.24, 2.45) is 0 Å². The van der Waals surface area contributed by atoms with Gasteiger partial charge in [0.1, 0.15) is 0 Å². The topological polar surface area (TPSA) is 71.8 Å². The fourth-order valence-electron chi connectivity index (χ4n) is 2.19. The second-order valence-corrected chi connectivity index (χ2v) is 6.49. The minimum Gasteiger partial charge on any atom is -0.466 e. The molecule has 1 aromatic heterocycles. The zero-order valence-electron chi connectivity index (χ0n) is 14.2. The number of esters is 1. The first-order valence-corrected chi connectivity index (χ1v) is 9.25. The number of nitrogens with zero attached hydrogens (tertiary/aromatic N) is 1. The molecule has 26 heavy (non-hydrogen) atoms. The van der Waals surface area contributed by atoms with Gasteiger partial charge >= 0.3 is 5.97 Å². The first-order chi connectivity index (χ1) is 12.5. The van der Waals surface area contributed by atoms with Crippen molar-refractivity contribution in [2.75, 3.05) is 13.2 Å². The van der Waals surface area contributed by atoms with Gasteiger partial charge in [0.15, 0.2) is 15.5 Å². The molecule has 2 rings (SSSR count). The average Bonchev–Trinajstić information content (AvgIpc) is 3.06. The summed E-state index contributed by atoms with van der Waals surface area (Å²) in [5.41, 5.74) is 1.01. The number of nitrogens with one attached hydrogen (secondary N) is 1. The van der Waals surface area contributed by atoms with Gasteiger partial charge in [-0.2, -0.15) is 0 Å². The van der Waals surface area contributed by atoms with Crippen LogP contribution in [0.5, 0.6) is 0 Å². The summed E-state index contributed by atoms with van der Waals surface area (Å²) in [5, 5.41) is 2.86. The number of furan rings is 1. The van der Waals surface area contributed by atoms with E-state index in [1.165, 1.54) is 0 Å². The maximum atomic E-state index is 12.2. The predicted molar refractivity (Wildman–Crippen MR) is 105 cm³/mol. The van der Waals surface area contributed by atoms with E-state index in [1.807, 2.05) is 30.3 Å². The van der Waals surface area contributed by atoms with E-state index in [9.17, 15) is 9.59 Å². The van der Waals surface area contributed by atoms with E-state index in [0.717, 1.165) is 5.56 Å². The Morgan fingerprint density at radius 2 is 1.96 bits per heavy atom. The van der Waals surface area contributed by atoms with Crippen LogP contribution in [0.2, 0.25) is 0 Å². The zero-order chi connectivity index (χ0) is 18.9. The monoisotopic (exact) mass is 438 g/mol. The Kier molecular flexibility index (Phi) is 7.80. The number of ether oxygens (including phenoxy) is 1. The molecule has 0 saturated heterocycles. The van der Waals surface area contributed by atoms with E-state index in [4.69, 9.17) is 21.4 Å². The van der Waals surface area contributed by atoms with E-state index in [0.29, 0.717) is 24.4 Å². The standard InChI is InChI=1S/C18H19BrN2O4S/c1-2-24-16(22)10-11-21(12-13-6-4-3-5-7-13)18(26)20-17(23)14-8-9-15(19)25-14/h3-9H,2,10-12H2,1H3,(H,20,23,26). The predicted octanol–water partition coefficient (Wildman–Crippen LogP) is 3.51. The lowest BCUT2D eigenvalue weighted by molar-refractivity contribution is -0.143. The number of benzene rings is 1. The van der Waals surface area contributed by atoms with E-state index < -0.39 is 5.91 Å². The highest BCUT2D eigenvalue weighted by atomic mass is 79.9. The number of carbonyl (C=O) groups excluding carboxylic acids is 2. The van der Waals surface area contributed by atoms with Crippen LogP contribution >= 0.6 is 28.1 Å². The maximum absolute atomic E-state index is 12.2. The van der Waals surface area contributed by atoms with Crippen LogP contribution in [0, 0.1) is 0 Å². The molecule has 0 saturated carbocycles. The van der Waals surface area contributed by atoms with Gasteiger partial charge in [-0.25, -0.2) is 0 Å². The molecule has 0 radical (unpaired) electrons. The summed E-state index contributed by atoms with van der Waals surface area (Å²) in [6, 6.07) is 12.8. The number of halogens is 1. The van der Waals surface area contributed by atoms with Crippen LogP contribution in [0.3, 0.4) is 0 Å². The molecule has 0 spiro atoms. The second kappa shape index (κ2) is 10.1. The van der Waals surface area contributed by atoms with Crippen LogP contribution in [0.25, 0.3) is 0 Å². The lowest BCUT2D eigenvalue weighted by atomic mass is 10.2. The summed E-state index contributed by atoms with van der Waals surface area (Å²) >= 11 is 8.52. The SMILES string of the molecule is CCOC(=O)CCN(Cc1ccccc1)C(=S)NC(=O)c1ccc(Br)o1. The number of hydrogen-bond donors (Lipinski definition) is 1. The summed E-state index contributed by atoms with van der Waals surface area (Å²) in [7, 11) is 0. The molecule has 0 aliphatic rings. The normalized spacial score (nSPS) is 10.2. The molecule has 0 unspecified atom stereocenters. The highest BCUT2D eigenvalue weighted by Crippen LogP contribution is 2.14. The highest BCUT2D eigenvalue weighted by Gasteiger charge is 2.18. The molecule has 6 nitrogen and oxygen atoms in total. The number of hydrogen-bond acceptors (Lipinski definition) is 5. The molecule has 1 heterocycles. The van der Waals surface area contributed by atoms with Gasteiger partial charge in [-0.05, 0) is 52.8 Å². The molecule has 0 aliphatic heterocycles. The van der Waals surface area contributed by atoms with Crippen molar-refractivity contribution >= 4 is 45.1 Å². The van der Waals surface area contributed by atoms with Gasteiger partial charge < -0.3 is 14.1 Å². The fraction of sp³-hybridized carbons (Fsp3) is 0.278. The summed E-state index contributed by atoms with van der Waals surface area (Å²) in [6.07, 6.45) is 0.170. The lowest BCUT2D eigenvalue weighted by Crippen LogP contribution is -2.43. The number of carbonyl (C=O) groups is 2. The summed E-state index contributed by atoms with van der Waals surface area (Å²) in [4.78, 5) is 25.7. The van der Waals surface area contributed by atoms with Crippen molar-refractivity contribution in [1.82, 2.24) is 10.2 Å². The quantitative estimate of drug-likeness (QED) is 0.526. The van der Waals surface area contributed by atoms with Gasteiger partial charge in [-0.1, -0.05) is 30.3 Å². The first-order valence-electron chi connectivity index (χ1n) is 8.04. The van der Waals surface area contributed by atoms with Crippen molar-refractivity contribution in [3.8, 4) is 0 Å². The molecule has 0 aliphatic carbocycles. The van der Waals surface area contributed by atoms with Gasteiger partial charge in [-0.15, -0.1) is 0 Å². The van der Waals surface area contributed by atoms with Crippen molar-refractivity contribution in [1.29, 1.82) is 0 Å². The Labute approximate surface area is 165 Å². The van der Waals surface area contributed by atoms with Gasteiger partial charge in [0, 0.05) is 13.1 Å². The van der Waals surface area contributed by atoms with Crippen molar-refractivity contribution in [3.05, 3.63) is 58.5 Å². The molecule has 0 bridgehead atoms. The molecular weight excluding hydrogens is 420 g/mol. The number of amides is 1. The Morgan fingerprint density at radius 3 is 2.58 bits per heavy atom. The minimum absolute atomic E-state index is 0.143. The van der Waals surface area contributed by atoms with Gasteiger partial charge in [0.25, 0.3) is 5.91 Å². The zero-order valence-corrected chi connectivity index (χ0v) is 16.6. The summed E-state index contributed by atoms with van der Waals surface area (Å²) in [6.45, 7) is 2.87. The van der Waals surface area contributed by atoms with E-state index in [-0.39, 0.29) is 23.3 Å². The number of thiocarbonyl (C=S) groups is 1. The van der Waals surface area contributed by atoms with Crippen molar-refractivity contribution in [2.45, 2.75) is 19.9 Å². The smallest absolute Gasteiger partial charge is 0.307 e. The van der Waals surface area contributed by atoms with Crippen molar-refractivity contribution < 1.29 is 18.7 Å². The van der Waals surface area contributed by atoms with Crippen molar-refractivity contribution in [3.63, 3.8) is 0 Å². The molecule has 138 valence electrons. The van der Waals surface area contributed by atoms with Gasteiger partial charge in [-0.3, -0.25) is 14.9 Å². The van der Waals surface area contributed by atoms with Crippen LogP contribution in [0.15, 0.2) is 51.6 Å². The Morgan fingerprint density at radius 1 is 1.23 bits per heavy atom. The molecule has 2 aromatic rings. The van der Waals surface area contributed by atoms with E-state index in [1.54, 1.807) is 24.0 Å². The summed E-state index contributed by atoms with van der Waals surface area (Å²) in [5.74, 6) is -0.617. The van der Waals surface area contributed by atoms with E-state index in [2.05, 4.69) is 21.2 Å². The Bertz CT molecular complexity index is 764. The van der Waals surface area contributed by atoms with Gasteiger partial charge in [0.05, 0.1) is 13.0 Å². The van der Waals surface area contributed by atoms with Crippen LogP contribution in [0.1, 0.15) is 29.5 Å². The van der Waals surface area contributed by atoms with Crippen LogP contribution in [-0.2, 0) is 16.1 Å². The minimum atomic E-state index is -0.449. The molecular formula is C18H19BrN2O4S. The third kappa shape index (κ3) is 6.27. The van der Waals surface area contributed by atoms with E-state index >= 15 is 0 Å². The second-order valence-electron chi connectivity index (χ2n) is 5.33. The number of rotatable bonds is 7. The summed E-state index contributed by atoms with van der Waals surface area (Å²) < 4.78 is 10.6. The van der Waals surface area contributed by atoms with Crippen LogP contribution < -0.4 is 5.32 Å². The van der Waals surface area contributed by atoms with Gasteiger partial charge in [0.2, 0.25) is 0 Å². The Hall–Kier alpha value is -2.19. The molecule has 1 N–H and O–H groups in total. The molecule has 8 heteroatoms. The maximum Gasteiger partial charge on any atom is 0.307 e. The Balaban J connectivity index is 2.04. The van der Waals surface area contributed by atoms with Crippen LogP contribution in [-0.4, -0.2) is 35.0 Å². The molecule has 1 aromatic carbocycles. The first kappa shape index (κ1) is 20.1. The molecule has 0 atom stereocenters.